The largest absolute Gasteiger partial charge is 0.361 e. The average molecular weight is 225 g/mol. The average Bonchev–Trinajstić information content (AvgIpc) is 2.66. The zero-order valence-corrected chi connectivity index (χ0v) is 8.92. The van der Waals surface area contributed by atoms with Crippen LogP contribution < -0.4 is 5.32 Å². The Kier molecular flexibility index (Phi) is 4.57. The van der Waals surface area contributed by atoms with E-state index in [4.69, 9.17) is 6.42 Å². The third kappa shape index (κ3) is 3.95. The second-order valence-electron chi connectivity index (χ2n) is 2.85. The van der Waals surface area contributed by atoms with Crippen molar-refractivity contribution in [3.05, 3.63) is 16.3 Å². The summed E-state index contributed by atoms with van der Waals surface area (Å²) in [5.41, 5.74) is 0. The molecule has 0 spiro atoms. The van der Waals surface area contributed by atoms with Crippen LogP contribution in [0, 0.1) is 22.5 Å². The molecule has 1 aromatic rings. The van der Waals surface area contributed by atoms with Gasteiger partial charge >= 0.3 is 5.00 Å². The van der Waals surface area contributed by atoms with E-state index in [1.54, 1.807) is 0 Å². The van der Waals surface area contributed by atoms with Crippen molar-refractivity contribution < 1.29 is 4.92 Å². The number of nitrogens with one attached hydrogen (secondary N) is 1. The van der Waals surface area contributed by atoms with Gasteiger partial charge in [-0.05, 0) is 24.2 Å². The molecule has 0 unspecified atom stereocenters. The van der Waals surface area contributed by atoms with E-state index in [-0.39, 0.29) is 5.00 Å². The third-order valence-corrected chi connectivity index (χ3v) is 2.60. The van der Waals surface area contributed by atoms with Crippen molar-refractivity contribution in [2.24, 2.45) is 0 Å². The molecular formula is C9H11N3O2S. The SMILES string of the molecule is C#CCCCCNc1ncc([N+](=O)[O-])s1. The predicted octanol–water partition coefficient (Wildman–Crippen LogP) is 2.27. The number of aromatic nitrogens is 1. The highest BCUT2D eigenvalue weighted by atomic mass is 32.1. The lowest BCUT2D eigenvalue weighted by atomic mass is 10.2. The van der Waals surface area contributed by atoms with Crippen molar-refractivity contribution in [2.45, 2.75) is 19.3 Å². The fourth-order valence-corrected chi connectivity index (χ4v) is 1.64. The molecule has 0 amide bonds. The lowest BCUT2D eigenvalue weighted by Crippen LogP contribution is -2.00. The van der Waals surface area contributed by atoms with E-state index in [1.165, 1.54) is 6.20 Å². The van der Waals surface area contributed by atoms with E-state index in [0.29, 0.717) is 5.13 Å². The van der Waals surface area contributed by atoms with Gasteiger partial charge in [0.2, 0.25) is 0 Å². The van der Waals surface area contributed by atoms with Gasteiger partial charge in [-0.3, -0.25) is 10.1 Å². The molecule has 1 aromatic heterocycles. The fraction of sp³-hybridized carbons (Fsp3) is 0.444. The number of rotatable bonds is 6. The van der Waals surface area contributed by atoms with Crippen LogP contribution in [0.25, 0.3) is 0 Å². The Morgan fingerprint density at radius 1 is 1.67 bits per heavy atom. The molecule has 15 heavy (non-hydrogen) atoms. The van der Waals surface area contributed by atoms with Crippen LogP contribution in [0.1, 0.15) is 19.3 Å². The second-order valence-corrected chi connectivity index (χ2v) is 3.86. The van der Waals surface area contributed by atoms with Crippen LogP contribution in [0.3, 0.4) is 0 Å². The molecule has 0 aliphatic rings. The summed E-state index contributed by atoms with van der Waals surface area (Å²) in [7, 11) is 0. The molecule has 5 nitrogen and oxygen atoms in total. The maximum atomic E-state index is 10.4. The minimum absolute atomic E-state index is 0.0566. The van der Waals surface area contributed by atoms with Crippen molar-refractivity contribution >= 4 is 21.5 Å². The standard InChI is InChI=1S/C9H11N3O2S/c1-2-3-4-5-6-10-9-11-7-8(15-9)12(13)14/h1,7H,3-6H2,(H,10,11). The highest BCUT2D eigenvalue weighted by Crippen LogP contribution is 2.24. The quantitative estimate of drug-likeness (QED) is 0.349. The number of nitrogens with zero attached hydrogens (tertiary/aromatic N) is 2. The van der Waals surface area contributed by atoms with Gasteiger partial charge in [-0.2, -0.15) is 0 Å². The van der Waals surface area contributed by atoms with Crippen molar-refractivity contribution in [3.8, 4) is 12.3 Å². The van der Waals surface area contributed by atoms with Gasteiger partial charge in [0, 0.05) is 13.0 Å². The number of unbranched alkanes of at least 4 members (excludes halogenated alkanes) is 2. The number of anilines is 1. The molecule has 1 heterocycles. The van der Waals surface area contributed by atoms with Gasteiger partial charge < -0.3 is 5.32 Å². The summed E-state index contributed by atoms with van der Waals surface area (Å²) in [4.78, 5) is 13.8. The number of nitro groups is 1. The summed E-state index contributed by atoms with van der Waals surface area (Å²) in [5, 5.41) is 14.0. The molecule has 1 N–H and O–H groups in total. The minimum atomic E-state index is -0.443. The number of hydrogen-bond acceptors (Lipinski definition) is 5. The molecule has 0 radical (unpaired) electrons. The zero-order chi connectivity index (χ0) is 11.1. The third-order valence-electron chi connectivity index (χ3n) is 1.70. The Bertz CT molecular complexity index is 370. The Morgan fingerprint density at radius 3 is 3.07 bits per heavy atom. The van der Waals surface area contributed by atoms with Crippen LogP contribution >= 0.6 is 11.3 Å². The maximum Gasteiger partial charge on any atom is 0.345 e. The van der Waals surface area contributed by atoms with Gasteiger partial charge in [-0.15, -0.1) is 12.3 Å². The highest BCUT2D eigenvalue weighted by molar-refractivity contribution is 7.18. The second kappa shape index (κ2) is 5.98. The molecule has 0 aliphatic carbocycles. The maximum absolute atomic E-state index is 10.4. The summed E-state index contributed by atoms with van der Waals surface area (Å²) >= 11 is 1.04. The molecule has 0 aromatic carbocycles. The van der Waals surface area contributed by atoms with Crippen LogP contribution in [0.4, 0.5) is 10.1 Å². The van der Waals surface area contributed by atoms with E-state index < -0.39 is 4.92 Å². The Balaban J connectivity index is 2.26. The first-order valence-corrected chi connectivity index (χ1v) is 5.33. The highest BCUT2D eigenvalue weighted by Gasteiger charge is 2.10. The van der Waals surface area contributed by atoms with Gasteiger partial charge in [0.1, 0.15) is 6.20 Å². The monoisotopic (exact) mass is 225 g/mol. The van der Waals surface area contributed by atoms with E-state index in [1.807, 2.05) is 0 Å². The minimum Gasteiger partial charge on any atom is -0.361 e. The molecule has 80 valence electrons. The van der Waals surface area contributed by atoms with E-state index in [9.17, 15) is 10.1 Å². The van der Waals surface area contributed by atoms with Crippen LogP contribution in [0.15, 0.2) is 6.20 Å². The van der Waals surface area contributed by atoms with E-state index >= 15 is 0 Å². The predicted molar refractivity (Wildman–Crippen MR) is 59.9 cm³/mol. The first-order chi connectivity index (χ1) is 7.24. The summed E-state index contributed by atoms with van der Waals surface area (Å²) < 4.78 is 0. The first kappa shape index (κ1) is 11.5. The molecule has 0 saturated carbocycles. The fourth-order valence-electron chi connectivity index (χ4n) is 0.979. The van der Waals surface area contributed by atoms with E-state index in [2.05, 4.69) is 16.2 Å². The lowest BCUT2D eigenvalue weighted by molar-refractivity contribution is -0.380. The number of hydrogen-bond donors (Lipinski definition) is 1. The zero-order valence-electron chi connectivity index (χ0n) is 8.10. The van der Waals surface area contributed by atoms with Crippen molar-refractivity contribution in [3.63, 3.8) is 0 Å². The molecule has 1 rings (SSSR count). The van der Waals surface area contributed by atoms with Crippen LogP contribution in [0.2, 0.25) is 0 Å². The molecular weight excluding hydrogens is 214 g/mol. The topological polar surface area (TPSA) is 68.1 Å². The van der Waals surface area contributed by atoms with Gasteiger partial charge in [0.15, 0.2) is 5.13 Å². The molecule has 0 bridgehead atoms. The summed E-state index contributed by atoms with van der Waals surface area (Å²) in [6.07, 6.45) is 9.02. The Labute approximate surface area is 91.7 Å². The summed E-state index contributed by atoms with van der Waals surface area (Å²) in [5.74, 6) is 2.56. The van der Waals surface area contributed by atoms with Gasteiger partial charge in [0.05, 0.1) is 4.92 Å². The molecule has 0 fully saturated rings. The van der Waals surface area contributed by atoms with Crippen LogP contribution in [-0.2, 0) is 0 Å². The van der Waals surface area contributed by atoms with Crippen molar-refractivity contribution in [1.82, 2.24) is 4.98 Å². The lowest BCUT2D eigenvalue weighted by Gasteiger charge is -1.99. The first-order valence-electron chi connectivity index (χ1n) is 4.51. The molecule has 0 atom stereocenters. The molecule has 0 saturated heterocycles. The number of terminal acetylenes is 1. The normalized spacial score (nSPS) is 9.53. The summed E-state index contributed by atoms with van der Waals surface area (Å²) in [6.45, 7) is 0.742. The van der Waals surface area contributed by atoms with Crippen LogP contribution in [0.5, 0.6) is 0 Å². The summed E-state index contributed by atoms with van der Waals surface area (Å²) in [6, 6.07) is 0. The van der Waals surface area contributed by atoms with Crippen molar-refractivity contribution in [1.29, 1.82) is 0 Å². The molecule has 0 aliphatic heterocycles. The van der Waals surface area contributed by atoms with Gasteiger partial charge in [-0.1, -0.05) is 0 Å². The number of thiazole rings is 1. The Morgan fingerprint density at radius 2 is 2.47 bits per heavy atom. The smallest absolute Gasteiger partial charge is 0.345 e. The van der Waals surface area contributed by atoms with Gasteiger partial charge in [0.25, 0.3) is 0 Å². The Hall–Kier alpha value is -1.61. The molecule has 6 heteroatoms. The van der Waals surface area contributed by atoms with Crippen LogP contribution in [-0.4, -0.2) is 16.5 Å². The van der Waals surface area contributed by atoms with Gasteiger partial charge in [-0.25, -0.2) is 4.98 Å². The van der Waals surface area contributed by atoms with E-state index in [0.717, 1.165) is 37.1 Å². The van der Waals surface area contributed by atoms with Crippen molar-refractivity contribution in [2.75, 3.05) is 11.9 Å².